The van der Waals surface area contributed by atoms with Gasteiger partial charge in [0.2, 0.25) is 0 Å². The van der Waals surface area contributed by atoms with Crippen LogP contribution in [0.2, 0.25) is 0 Å². The van der Waals surface area contributed by atoms with Crippen molar-refractivity contribution in [1.29, 1.82) is 5.26 Å². The Hall–Kier alpha value is -3.97. The highest BCUT2D eigenvalue weighted by atomic mass is 32.2. The second kappa shape index (κ2) is 10.9. The first-order valence-electron chi connectivity index (χ1n) is 13.3. The molecule has 0 radical (unpaired) electrons. The summed E-state index contributed by atoms with van der Waals surface area (Å²) in [6.45, 7) is 2.83. The van der Waals surface area contributed by atoms with Crippen molar-refractivity contribution in [2.45, 2.75) is 37.2 Å². The molecule has 3 aromatic carbocycles. The molecule has 0 atom stereocenters. The van der Waals surface area contributed by atoms with Crippen molar-refractivity contribution in [2.75, 3.05) is 22.7 Å². The number of carbonyl (C=O) groups is 1. The van der Waals surface area contributed by atoms with Crippen LogP contribution in [0.25, 0.3) is 0 Å². The summed E-state index contributed by atoms with van der Waals surface area (Å²) < 4.78 is 28.3. The lowest BCUT2D eigenvalue weighted by molar-refractivity contribution is 0.102. The monoisotopic (exact) mass is 568 g/mol. The molecule has 40 heavy (non-hydrogen) atoms. The summed E-state index contributed by atoms with van der Waals surface area (Å²) in [5.41, 5.74) is 4.84. The van der Waals surface area contributed by atoms with Crippen LogP contribution in [0.4, 0.5) is 10.7 Å². The smallest absolute Gasteiger partial charge is 0.264 e. The van der Waals surface area contributed by atoms with Crippen LogP contribution in [0.1, 0.15) is 43.9 Å². The van der Waals surface area contributed by atoms with Crippen molar-refractivity contribution < 1.29 is 13.2 Å². The summed E-state index contributed by atoms with van der Waals surface area (Å²) in [4.78, 5) is 16.7. The second-order valence-corrected chi connectivity index (χ2v) is 13.0. The van der Waals surface area contributed by atoms with Gasteiger partial charge in [0, 0.05) is 36.6 Å². The second-order valence-electron chi connectivity index (χ2n) is 10.1. The molecule has 0 saturated carbocycles. The van der Waals surface area contributed by atoms with E-state index in [9.17, 15) is 18.5 Å². The maximum Gasteiger partial charge on any atom is 0.264 e. The van der Waals surface area contributed by atoms with Gasteiger partial charge in [0.25, 0.3) is 15.9 Å². The minimum atomic E-state index is -3.76. The third-order valence-electron chi connectivity index (χ3n) is 7.50. The molecule has 0 aliphatic carbocycles. The minimum absolute atomic E-state index is 0.142. The van der Waals surface area contributed by atoms with E-state index < -0.39 is 10.0 Å². The number of amides is 1. The number of rotatable bonds is 6. The van der Waals surface area contributed by atoms with Crippen LogP contribution in [0.5, 0.6) is 0 Å². The van der Waals surface area contributed by atoms with Crippen molar-refractivity contribution in [3.05, 3.63) is 112 Å². The van der Waals surface area contributed by atoms with E-state index in [0.29, 0.717) is 28.4 Å². The highest BCUT2D eigenvalue weighted by molar-refractivity contribution is 7.92. The largest absolute Gasteiger partial charge is 0.312 e. The lowest BCUT2D eigenvalue weighted by Crippen LogP contribution is -2.35. The Morgan fingerprint density at radius 2 is 1.70 bits per heavy atom. The quantitative estimate of drug-likeness (QED) is 0.328. The molecule has 0 bridgehead atoms. The number of anilines is 2. The van der Waals surface area contributed by atoms with Crippen molar-refractivity contribution in [2.24, 2.45) is 0 Å². The zero-order chi connectivity index (χ0) is 27.7. The van der Waals surface area contributed by atoms with Crippen molar-refractivity contribution in [1.82, 2.24) is 4.90 Å². The number of carbonyl (C=O) groups excluding carboxylic acids is 1. The maximum atomic E-state index is 13.4. The predicted molar refractivity (Wildman–Crippen MR) is 157 cm³/mol. The van der Waals surface area contributed by atoms with Gasteiger partial charge >= 0.3 is 0 Å². The van der Waals surface area contributed by atoms with Crippen molar-refractivity contribution in [3.63, 3.8) is 0 Å². The highest BCUT2D eigenvalue weighted by Gasteiger charge is 2.29. The Morgan fingerprint density at radius 1 is 0.950 bits per heavy atom. The zero-order valence-electron chi connectivity index (χ0n) is 21.8. The van der Waals surface area contributed by atoms with Gasteiger partial charge in [-0.1, -0.05) is 48.5 Å². The molecule has 0 unspecified atom stereocenters. The number of fused-ring (bicyclic) bond motifs is 2. The molecule has 9 heteroatoms. The van der Waals surface area contributed by atoms with Gasteiger partial charge in [0.1, 0.15) is 11.1 Å². The van der Waals surface area contributed by atoms with Gasteiger partial charge in [0.15, 0.2) is 0 Å². The van der Waals surface area contributed by atoms with Crippen molar-refractivity contribution >= 4 is 38.0 Å². The Bertz CT molecular complexity index is 1710. The first kappa shape index (κ1) is 26.3. The summed E-state index contributed by atoms with van der Waals surface area (Å²) in [6.07, 6.45) is 2.36. The molecular formula is C31H28N4O3S2. The van der Waals surface area contributed by atoms with Crippen LogP contribution >= 0.6 is 11.3 Å². The summed E-state index contributed by atoms with van der Waals surface area (Å²) in [6, 6.07) is 26.2. The lowest BCUT2D eigenvalue weighted by atomic mass is 10.0. The predicted octanol–water partition coefficient (Wildman–Crippen LogP) is 5.57. The first-order valence-corrected chi connectivity index (χ1v) is 15.5. The summed E-state index contributed by atoms with van der Waals surface area (Å²) in [5.74, 6) is -0.372. The normalized spacial score (nSPS) is 15.1. The molecule has 2 aliphatic heterocycles. The average Bonchev–Trinajstić information content (AvgIpc) is 3.33. The van der Waals surface area contributed by atoms with Crippen LogP contribution in [-0.2, 0) is 36.0 Å². The molecule has 6 rings (SSSR count). The van der Waals surface area contributed by atoms with E-state index in [0.717, 1.165) is 54.9 Å². The van der Waals surface area contributed by atoms with Crippen LogP contribution in [0.3, 0.4) is 0 Å². The van der Waals surface area contributed by atoms with Gasteiger partial charge < -0.3 is 5.32 Å². The fourth-order valence-corrected chi connectivity index (χ4v) is 8.25. The minimum Gasteiger partial charge on any atom is -0.312 e. The molecule has 3 heterocycles. The topological polar surface area (TPSA) is 93.5 Å². The third-order valence-corrected chi connectivity index (χ3v) is 10.5. The van der Waals surface area contributed by atoms with Gasteiger partial charge in [-0.25, -0.2) is 8.42 Å². The van der Waals surface area contributed by atoms with Gasteiger partial charge in [0.05, 0.1) is 16.1 Å². The number of nitriles is 1. The van der Waals surface area contributed by atoms with Gasteiger partial charge in [-0.3, -0.25) is 14.0 Å². The molecule has 202 valence electrons. The van der Waals surface area contributed by atoms with Crippen molar-refractivity contribution in [3.8, 4) is 6.07 Å². The first-order chi connectivity index (χ1) is 19.4. The van der Waals surface area contributed by atoms with Crippen LogP contribution < -0.4 is 9.62 Å². The van der Waals surface area contributed by atoms with E-state index >= 15 is 0 Å². The van der Waals surface area contributed by atoms with Crippen LogP contribution in [0.15, 0.2) is 83.8 Å². The molecule has 0 saturated heterocycles. The number of hydrogen-bond acceptors (Lipinski definition) is 6. The molecule has 4 aromatic rings. The molecule has 1 N–H and O–H groups in total. The van der Waals surface area contributed by atoms with E-state index in [1.807, 2.05) is 42.5 Å². The maximum absolute atomic E-state index is 13.4. The molecular weight excluding hydrogens is 541 g/mol. The molecule has 7 nitrogen and oxygen atoms in total. The van der Waals surface area contributed by atoms with E-state index in [2.05, 4.69) is 28.4 Å². The Balaban J connectivity index is 1.18. The number of hydrogen-bond donors (Lipinski definition) is 1. The van der Waals surface area contributed by atoms with Gasteiger partial charge in [-0.05, 0) is 66.3 Å². The third kappa shape index (κ3) is 5.02. The van der Waals surface area contributed by atoms with E-state index in [1.165, 1.54) is 45.5 Å². The fraction of sp³-hybridized carbons (Fsp3) is 0.226. The number of para-hydroxylation sites is 1. The standard InChI is InChI=1S/C31H28N4O3S2/c32-19-27-26-16-18-34(20-22-7-2-1-3-8-22)21-29(26)39-31(27)33-30(36)24-12-14-25(15-13-24)40(37,38)35-17-6-10-23-9-4-5-11-28(23)35/h1-5,7-9,11-15H,6,10,16-18,20-21H2,(H,33,36). The number of nitrogens with one attached hydrogen (secondary N) is 1. The van der Waals surface area contributed by atoms with E-state index in [1.54, 1.807) is 0 Å². The fourth-order valence-electron chi connectivity index (χ4n) is 5.47. The Kier molecular flexibility index (Phi) is 7.15. The van der Waals surface area contributed by atoms with Gasteiger partial charge in [-0.15, -0.1) is 11.3 Å². The Morgan fingerprint density at radius 3 is 2.48 bits per heavy atom. The number of thiophene rings is 1. The number of aryl methyl sites for hydroxylation is 1. The summed E-state index contributed by atoms with van der Waals surface area (Å²) in [5, 5.41) is 13.3. The van der Waals surface area contributed by atoms with Crippen LogP contribution in [0, 0.1) is 11.3 Å². The number of nitrogens with zero attached hydrogens (tertiary/aromatic N) is 3. The molecule has 1 aromatic heterocycles. The van der Waals surface area contributed by atoms with E-state index in [-0.39, 0.29) is 10.8 Å². The summed E-state index contributed by atoms with van der Waals surface area (Å²) >= 11 is 1.44. The average molecular weight is 569 g/mol. The molecule has 1 amide bonds. The SMILES string of the molecule is N#Cc1c(NC(=O)c2ccc(S(=O)(=O)N3CCCc4ccccc43)cc2)sc2c1CCN(Cc1ccccc1)C2. The van der Waals surface area contributed by atoms with Crippen LogP contribution in [-0.4, -0.2) is 32.3 Å². The van der Waals surface area contributed by atoms with E-state index in [4.69, 9.17) is 0 Å². The number of sulfonamides is 1. The molecule has 0 fully saturated rings. The molecule has 2 aliphatic rings. The lowest BCUT2D eigenvalue weighted by Gasteiger charge is -2.30. The van der Waals surface area contributed by atoms with Gasteiger partial charge in [-0.2, -0.15) is 5.26 Å². The Labute approximate surface area is 238 Å². The molecule has 0 spiro atoms. The zero-order valence-corrected chi connectivity index (χ0v) is 23.5. The highest BCUT2D eigenvalue weighted by Crippen LogP contribution is 2.37. The number of benzene rings is 3. The summed E-state index contributed by atoms with van der Waals surface area (Å²) in [7, 11) is -3.76.